The molecule has 31 heavy (non-hydrogen) atoms. The summed E-state index contributed by atoms with van der Waals surface area (Å²) >= 11 is 6.44. The van der Waals surface area contributed by atoms with Crippen molar-refractivity contribution in [2.75, 3.05) is 25.9 Å². The van der Waals surface area contributed by atoms with Gasteiger partial charge < -0.3 is 25.8 Å². The standard InChI is InChI=1S/C21H24ClN5O4/c1-13-4-3-5-14(8-13)12-30-19-16(22)9-15(10-17(19)29-2)11-24-6-7-25-21(28)18-20(23)27-31-26-18/h3-5,8-10,24H,6-7,11-12H2,1-2H3,(H2,23,27)(H,25,28). The molecule has 0 saturated heterocycles. The number of halogens is 1. The minimum Gasteiger partial charge on any atom is -0.493 e. The van der Waals surface area contributed by atoms with E-state index in [2.05, 4.69) is 31.6 Å². The smallest absolute Gasteiger partial charge is 0.277 e. The molecule has 1 heterocycles. The second-order valence-electron chi connectivity index (χ2n) is 6.82. The third-order valence-electron chi connectivity index (χ3n) is 4.40. The van der Waals surface area contributed by atoms with Crippen molar-refractivity contribution >= 4 is 23.3 Å². The van der Waals surface area contributed by atoms with Crippen LogP contribution in [0.3, 0.4) is 0 Å². The van der Waals surface area contributed by atoms with Gasteiger partial charge in [0.05, 0.1) is 12.1 Å². The van der Waals surface area contributed by atoms with Crippen LogP contribution in [-0.2, 0) is 13.2 Å². The first kappa shape index (κ1) is 22.4. The van der Waals surface area contributed by atoms with Crippen molar-refractivity contribution in [3.63, 3.8) is 0 Å². The molecular formula is C21H24ClN5O4. The number of ether oxygens (including phenoxy) is 2. The number of aromatic nitrogens is 2. The van der Waals surface area contributed by atoms with E-state index in [9.17, 15) is 4.79 Å². The van der Waals surface area contributed by atoms with Crippen molar-refractivity contribution in [1.82, 2.24) is 20.9 Å². The number of hydrogen-bond donors (Lipinski definition) is 3. The number of anilines is 1. The Hall–Kier alpha value is -3.30. The molecule has 10 heteroatoms. The number of nitrogens with one attached hydrogen (secondary N) is 2. The molecule has 1 aromatic heterocycles. The van der Waals surface area contributed by atoms with Crippen molar-refractivity contribution in [1.29, 1.82) is 0 Å². The molecule has 0 aliphatic carbocycles. The summed E-state index contributed by atoms with van der Waals surface area (Å²) in [6.07, 6.45) is 0. The van der Waals surface area contributed by atoms with E-state index in [0.29, 0.717) is 42.8 Å². The molecule has 0 bridgehead atoms. The largest absolute Gasteiger partial charge is 0.493 e. The van der Waals surface area contributed by atoms with Crippen LogP contribution in [0.1, 0.15) is 27.2 Å². The maximum absolute atomic E-state index is 11.9. The van der Waals surface area contributed by atoms with Crippen molar-refractivity contribution in [3.05, 3.63) is 63.8 Å². The fraction of sp³-hybridized carbons (Fsp3) is 0.286. The average Bonchev–Trinajstić information content (AvgIpc) is 3.18. The van der Waals surface area contributed by atoms with Gasteiger partial charge in [0.1, 0.15) is 6.61 Å². The second kappa shape index (κ2) is 10.6. The zero-order valence-electron chi connectivity index (χ0n) is 17.3. The minimum atomic E-state index is -0.444. The highest BCUT2D eigenvalue weighted by Crippen LogP contribution is 2.37. The number of aryl methyl sites for hydroxylation is 1. The van der Waals surface area contributed by atoms with Crippen LogP contribution >= 0.6 is 11.6 Å². The fourth-order valence-electron chi connectivity index (χ4n) is 2.91. The zero-order chi connectivity index (χ0) is 22.2. The Morgan fingerprint density at radius 2 is 2.03 bits per heavy atom. The van der Waals surface area contributed by atoms with Crippen LogP contribution in [0.5, 0.6) is 11.5 Å². The summed E-state index contributed by atoms with van der Waals surface area (Å²) in [5, 5.41) is 13.2. The van der Waals surface area contributed by atoms with Crippen LogP contribution in [0, 0.1) is 6.92 Å². The third kappa shape index (κ3) is 6.09. The van der Waals surface area contributed by atoms with E-state index in [0.717, 1.165) is 16.7 Å². The Morgan fingerprint density at radius 1 is 1.19 bits per heavy atom. The van der Waals surface area contributed by atoms with E-state index in [4.69, 9.17) is 26.8 Å². The molecule has 0 aliphatic rings. The summed E-state index contributed by atoms with van der Waals surface area (Å²) in [7, 11) is 1.57. The molecule has 0 spiro atoms. The van der Waals surface area contributed by atoms with Gasteiger partial charge in [0.2, 0.25) is 11.5 Å². The lowest BCUT2D eigenvalue weighted by molar-refractivity contribution is 0.0944. The Bertz CT molecular complexity index is 1040. The molecule has 0 saturated carbocycles. The van der Waals surface area contributed by atoms with Crippen LogP contribution in [0.2, 0.25) is 5.02 Å². The number of benzene rings is 2. The molecule has 1 amide bonds. The first-order valence-corrected chi connectivity index (χ1v) is 9.97. The molecule has 0 radical (unpaired) electrons. The van der Waals surface area contributed by atoms with Gasteiger partial charge in [-0.15, -0.1) is 0 Å². The van der Waals surface area contributed by atoms with Crippen LogP contribution in [0.15, 0.2) is 41.0 Å². The number of methoxy groups -OCH3 is 1. The van der Waals surface area contributed by atoms with Crippen LogP contribution < -0.4 is 25.8 Å². The number of carbonyl (C=O) groups is 1. The maximum atomic E-state index is 11.9. The lowest BCUT2D eigenvalue weighted by atomic mass is 10.1. The van der Waals surface area contributed by atoms with E-state index >= 15 is 0 Å². The summed E-state index contributed by atoms with van der Waals surface area (Å²) in [5.74, 6) is 0.567. The topological polar surface area (TPSA) is 125 Å². The van der Waals surface area contributed by atoms with Gasteiger partial charge in [-0.2, -0.15) is 0 Å². The quantitative estimate of drug-likeness (QED) is 0.407. The Kier molecular flexibility index (Phi) is 7.69. The number of hydrogen-bond acceptors (Lipinski definition) is 8. The van der Waals surface area contributed by atoms with Crippen LogP contribution in [-0.4, -0.2) is 36.4 Å². The lowest BCUT2D eigenvalue weighted by Crippen LogP contribution is -2.32. The van der Waals surface area contributed by atoms with Gasteiger partial charge in [-0.25, -0.2) is 4.63 Å². The van der Waals surface area contributed by atoms with Gasteiger partial charge in [-0.05, 0) is 40.5 Å². The van der Waals surface area contributed by atoms with Gasteiger partial charge in [0.15, 0.2) is 11.5 Å². The van der Waals surface area contributed by atoms with Crippen molar-refractivity contribution in [2.45, 2.75) is 20.1 Å². The lowest BCUT2D eigenvalue weighted by Gasteiger charge is -2.15. The SMILES string of the molecule is COc1cc(CNCCNC(=O)c2nonc2N)cc(Cl)c1OCc1cccc(C)c1. The molecule has 9 nitrogen and oxygen atoms in total. The highest BCUT2D eigenvalue weighted by molar-refractivity contribution is 6.32. The summed E-state index contributed by atoms with van der Waals surface area (Å²) < 4.78 is 15.8. The molecule has 164 valence electrons. The summed E-state index contributed by atoms with van der Waals surface area (Å²) in [6, 6.07) is 11.8. The van der Waals surface area contributed by atoms with E-state index in [1.807, 2.05) is 37.3 Å². The molecule has 2 aromatic carbocycles. The Labute approximate surface area is 184 Å². The van der Waals surface area contributed by atoms with Crippen molar-refractivity contribution in [2.24, 2.45) is 0 Å². The monoisotopic (exact) mass is 445 g/mol. The molecule has 0 aliphatic heterocycles. The van der Waals surface area contributed by atoms with Gasteiger partial charge in [-0.1, -0.05) is 41.4 Å². The number of amides is 1. The van der Waals surface area contributed by atoms with Gasteiger partial charge in [0.25, 0.3) is 5.91 Å². The number of carbonyl (C=O) groups excluding carboxylic acids is 1. The third-order valence-corrected chi connectivity index (χ3v) is 4.68. The molecule has 0 unspecified atom stereocenters. The first-order valence-electron chi connectivity index (χ1n) is 9.59. The number of rotatable bonds is 10. The maximum Gasteiger partial charge on any atom is 0.277 e. The summed E-state index contributed by atoms with van der Waals surface area (Å²) in [4.78, 5) is 11.9. The molecule has 3 aromatic rings. The molecule has 0 fully saturated rings. The van der Waals surface area contributed by atoms with E-state index in [1.165, 1.54) is 0 Å². The molecule has 0 atom stereocenters. The molecule has 3 rings (SSSR count). The molecule has 4 N–H and O–H groups in total. The Morgan fingerprint density at radius 3 is 2.74 bits per heavy atom. The van der Waals surface area contributed by atoms with Crippen LogP contribution in [0.4, 0.5) is 5.82 Å². The van der Waals surface area contributed by atoms with Gasteiger partial charge in [-0.3, -0.25) is 4.79 Å². The fourth-order valence-corrected chi connectivity index (χ4v) is 3.19. The van der Waals surface area contributed by atoms with Crippen LogP contribution in [0.25, 0.3) is 0 Å². The highest BCUT2D eigenvalue weighted by atomic mass is 35.5. The predicted octanol–water partition coefficient (Wildman–Crippen LogP) is 2.72. The van der Waals surface area contributed by atoms with Gasteiger partial charge >= 0.3 is 0 Å². The number of nitrogen functional groups attached to an aromatic ring is 1. The summed E-state index contributed by atoms with van der Waals surface area (Å²) in [6.45, 7) is 3.83. The predicted molar refractivity (Wildman–Crippen MR) is 116 cm³/mol. The summed E-state index contributed by atoms with van der Waals surface area (Å²) in [5.41, 5.74) is 8.59. The molecular weight excluding hydrogens is 422 g/mol. The van der Waals surface area contributed by atoms with Crippen molar-refractivity contribution < 1.29 is 18.9 Å². The van der Waals surface area contributed by atoms with E-state index in [1.54, 1.807) is 7.11 Å². The Balaban J connectivity index is 1.51. The normalized spacial score (nSPS) is 10.7. The minimum absolute atomic E-state index is 0.0298. The first-order chi connectivity index (χ1) is 15.0. The van der Waals surface area contributed by atoms with E-state index < -0.39 is 5.91 Å². The number of nitrogens with two attached hydrogens (primary N) is 1. The second-order valence-corrected chi connectivity index (χ2v) is 7.22. The highest BCUT2D eigenvalue weighted by Gasteiger charge is 2.15. The van der Waals surface area contributed by atoms with Gasteiger partial charge in [0, 0.05) is 19.6 Å². The zero-order valence-corrected chi connectivity index (χ0v) is 18.0. The average molecular weight is 446 g/mol. The number of nitrogens with zero attached hydrogens (tertiary/aromatic N) is 2. The van der Waals surface area contributed by atoms with E-state index in [-0.39, 0.29) is 11.5 Å². The van der Waals surface area contributed by atoms with Crippen molar-refractivity contribution in [3.8, 4) is 11.5 Å².